The summed E-state index contributed by atoms with van der Waals surface area (Å²) in [7, 11) is 0. The number of hydrogen-bond donors (Lipinski definition) is 1. The first kappa shape index (κ1) is 13.6. The lowest BCUT2D eigenvalue weighted by atomic mass is 10.0. The summed E-state index contributed by atoms with van der Waals surface area (Å²) in [5.41, 5.74) is 0.925. The first-order valence-corrected chi connectivity index (χ1v) is 6.85. The molecule has 0 heterocycles. The Balaban J connectivity index is 1.99. The van der Waals surface area contributed by atoms with Crippen molar-refractivity contribution in [3.05, 3.63) is 77.9 Å². The van der Waals surface area contributed by atoms with Crippen molar-refractivity contribution in [1.29, 1.82) is 0 Å². The van der Waals surface area contributed by atoms with Crippen LogP contribution in [0.5, 0.6) is 0 Å². The molecule has 0 fully saturated rings. The largest absolute Gasteiger partial charge is 0.378 e. The highest BCUT2D eigenvalue weighted by Crippen LogP contribution is 2.28. The number of hydrogen-bond acceptors (Lipinski definition) is 1. The van der Waals surface area contributed by atoms with Crippen molar-refractivity contribution in [3.8, 4) is 0 Å². The van der Waals surface area contributed by atoms with Crippen LogP contribution in [0.25, 0.3) is 10.8 Å². The van der Waals surface area contributed by atoms with Crippen LogP contribution in [-0.4, -0.2) is 0 Å². The monoisotopic (exact) mass is 283 g/mol. The molecule has 3 rings (SSSR count). The Morgan fingerprint density at radius 2 is 1.43 bits per heavy atom. The van der Waals surface area contributed by atoms with Crippen molar-refractivity contribution < 1.29 is 8.78 Å². The fourth-order valence-electron chi connectivity index (χ4n) is 2.58. The molecule has 0 aromatic heterocycles. The number of halogens is 2. The molecule has 0 radical (unpaired) electrons. The minimum absolute atomic E-state index is 0.0606. The molecule has 1 unspecified atom stereocenters. The number of benzene rings is 3. The Labute approximate surface area is 122 Å². The van der Waals surface area contributed by atoms with E-state index in [-0.39, 0.29) is 5.56 Å². The third-order valence-electron chi connectivity index (χ3n) is 3.59. The van der Waals surface area contributed by atoms with Crippen molar-refractivity contribution in [1.82, 2.24) is 0 Å². The normalized spacial score (nSPS) is 12.3. The van der Waals surface area contributed by atoms with Crippen LogP contribution >= 0.6 is 0 Å². The number of rotatable bonds is 3. The van der Waals surface area contributed by atoms with Gasteiger partial charge in [0, 0.05) is 16.6 Å². The second kappa shape index (κ2) is 5.52. The molecule has 1 N–H and O–H groups in total. The molecule has 1 atom stereocenters. The Morgan fingerprint density at radius 3 is 2.19 bits per heavy atom. The zero-order valence-electron chi connectivity index (χ0n) is 11.6. The minimum atomic E-state index is -0.532. The topological polar surface area (TPSA) is 12.0 Å². The lowest BCUT2D eigenvalue weighted by molar-refractivity contribution is 0.544. The van der Waals surface area contributed by atoms with E-state index in [1.54, 1.807) is 6.92 Å². The van der Waals surface area contributed by atoms with E-state index in [1.807, 2.05) is 42.5 Å². The maximum absolute atomic E-state index is 13.8. The van der Waals surface area contributed by atoms with Crippen LogP contribution in [0.2, 0.25) is 0 Å². The molecule has 0 bridgehead atoms. The molecule has 1 nitrogen and oxygen atoms in total. The van der Waals surface area contributed by atoms with Gasteiger partial charge < -0.3 is 5.32 Å². The maximum atomic E-state index is 13.8. The molecule has 0 aliphatic rings. The predicted molar refractivity (Wildman–Crippen MR) is 82.3 cm³/mol. The van der Waals surface area contributed by atoms with Gasteiger partial charge in [-0.2, -0.15) is 0 Å². The molecule has 106 valence electrons. The fraction of sp³-hybridized carbons (Fsp3) is 0.111. The predicted octanol–water partition coefficient (Wildman–Crippen LogP) is 5.29. The minimum Gasteiger partial charge on any atom is -0.378 e. The van der Waals surface area contributed by atoms with Crippen molar-refractivity contribution >= 4 is 16.5 Å². The third-order valence-corrected chi connectivity index (χ3v) is 3.59. The quantitative estimate of drug-likeness (QED) is 0.688. The highest BCUT2D eigenvalue weighted by molar-refractivity contribution is 5.93. The summed E-state index contributed by atoms with van der Waals surface area (Å²) in [5, 5.41) is 5.32. The van der Waals surface area contributed by atoms with E-state index in [0.717, 1.165) is 16.5 Å². The van der Waals surface area contributed by atoms with E-state index in [9.17, 15) is 8.78 Å². The van der Waals surface area contributed by atoms with Gasteiger partial charge in [0.05, 0.1) is 6.04 Å². The highest BCUT2D eigenvalue weighted by Gasteiger charge is 2.16. The number of fused-ring (bicyclic) bond motifs is 1. The number of nitrogens with one attached hydrogen (secondary N) is 1. The van der Waals surface area contributed by atoms with Gasteiger partial charge >= 0.3 is 0 Å². The lowest BCUT2D eigenvalue weighted by Crippen LogP contribution is -2.11. The first-order chi connectivity index (χ1) is 10.2. The molecule has 3 heteroatoms. The summed E-state index contributed by atoms with van der Waals surface area (Å²) in [4.78, 5) is 0. The highest BCUT2D eigenvalue weighted by atomic mass is 19.1. The van der Waals surface area contributed by atoms with Crippen LogP contribution in [0.15, 0.2) is 60.7 Å². The Morgan fingerprint density at radius 1 is 0.810 bits per heavy atom. The SMILES string of the molecule is CC(Nc1cccc2ccccc12)c1c(F)cccc1F. The average molecular weight is 283 g/mol. The molecular formula is C18H15F2N. The summed E-state index contributed by atoms with van der Waals surface area (Å²) < 4.78 is 27.7. The fourth-order valence-corrected chi connectivity index (χ4v) is 2.58. The van der Waals surface area contributed by atoms with E-state index in [4.69, 9.17) is 0 Å². The van der Waals surface area contributed by atoms with E-state index in [0.29, 0.717) is 0 Å². The van der Waals surface area contributed by atoms with Crippen molar-refractivity contribution in [2.75, 3.05) is 5.32 Å². The molecule has 3 aromatic rings. The molecule has 0 saturated carbocycles. The van der Waals surface area contributed by atoms with Crippen molar-refractivity contribution in [3.63, 3.8) is 0 Å². The molecule has 0 spiro atoms. The standard InChI is InChI=1S/C18H15F2N/c1-12(18-15(19)9-5-10-16(18)20)21-17-11-4-7-13-6-2-3-8-14(13)17/h2-12,21H,1H3. The van der Waals surface area contributed by atoms with E-state index in [1.165, 1.54) is 18.2 Å². The molecule has 0 amide bonds. The Hall–Kier alpha value is -2.42. The van der Waals surface area contributed by atoms with Gasteiger partial charge in [-0.25, -0.2) is 8.78 Å². The summed E-state index contributed by atoms with van der Waals surface area (Å²) in [6.45, 7) is 1.75. The van der Waals surface area contributed by atoms with Crippen molar-refractivity contribution in [2.24, 2.45) is 0 Å². The van der Waals surface area contributed by atoms with Crippen LogP contribution in [-0.2, 0) is 0 Å². The number of anilines is 1. The van der Waals surface area contributed by atoms with Crippen LogP contribution in [0.3, 0.4) is 0 Å². The van der Waals surface area contributed by atoms with Gasteiger partial charge in [0.1, 0.15) is 11.6 Å². The summed E-state index contributed by atoms with van der Waals surface area (Å²) in [6.07, 6.45) is 0. The van der Waals surface area contributed by atoms with Crippen LogP contribution in [0, 0.1) is 11.6 Å². The van der Waals surface area contributed by atoms with Gasteiger partial charge in [0.15, 0.2) is 0 Å². The molecular weight excluding hydrogens is 268 g/mol. The summed E-state index contributed by atoms with van der Waals surface area (Å²) >= 11 is 0. The average Bonchev–Trinajstić information content (AvgIpc) is 2.47. The third kappa shape index (κ3) is 2.59. The van der Waals surface area contributed by atoms with Gasteiger partial charge in [0.2, 0.25) is 0 Å². The van der Waals surface area contributed by atoms with Crippen molar-refractivity contribution in [2.45, 2.75) is 13.0 Å². The van der Waals surface area contributed by atoms with Gasteiger partial charge in [0.25, 0.3) is 0 Å². The van der Waals surface area contributed by atoms with Gasteiger partial charge in [-0.15, -0.1) is 0 Å². The Kier molecular flexibility index (Phi) is 3.57. The summed E-state index contributed by atoms with van der Waals surface area (Å²) in [6, 6.07) is 17.2. The molecule has 21 heavy (non-hydrogen) atoms. The molecule has 3 aromatic carbocycles. The molecule has 0 saturated heterocycles. The smallest absolute Gasteiger partial charge is 0.131 e. The second-order valence-electron chi connectivity index (χ2n) is 5.03. The zero-order chi connectivity index (χ0) is 14.8. The van der Waals surface area contributed by atoms with E-state index < -0.39 is 17.7 Å². The lowest BCUT2D eigenvalue weighted by Gasteiger charge is -2.18. The second-order valence-corrected chi connectivity index (χ2v) is 5.03. The van der Waals surface area contributed by atoms with Crippen LogP contribution in [0.1, 0.15) is 18.5 Å². The van der Waals surface area contributed by atoms with E-state index in [2.05, 4.69) is 5.32 Å². The Bertz CT molecular complexity index is 758. The zero-order valence-corrected chi connectivity index (χ0v) is 11.6. The molecule has 0 aliphatic carbocycles. The first-order valence-electron chi connectivity index (χ1n) is 6.85. The van der Waals surface area contributed by atoms with Crippen LogP contribution in [0.4, 0.5) is 14.5 Å². The van der Waals surface area contributed by atoms with E-state index >= 15 is 0 Å². The van der Waals surface area contributed by atoms with Gasteiger partial charge in [-0.05, 0) is 30.5 Å². The maximum Gasteiger partial charge on any atom is 0.131 e. The van der Waals surface area contributed by atoms with Gasteiger partial charge in [-0.1, -0.05) is 42.5 Å². The van der Waals surface area contributed by atoms with Gasteiger partial charge in [-0.3, -0.25) is 0 Å². The summed E-state index contributed by atoms with van der Waals surface area (Å²) in [5.74, 6) is -1.06. The van der Waals surface area contributed by atoms with Crippen LogP contribution < -0.4 is 5.32 Å². The molecule has 0 aliphatic heterocycles.